The van der Waals surface area contributed by atoms with E-state index >= 15 is 0 Å². The number of ether oxygens (including phenoxy) is 3. The normalized spacial score (nSPS) is 11.5. The molecule has 7 heteroatoms. The third-order valence-electron chi connectivity index (χ3n) is 3.30. The van der Waals surface area contributed by atoms with Gasteiger partial charge in [-0.2, -0.15) is 0 Å². The van der Waals surface area contributed by atoms with E-state index in [2.05, 4.69) is 21.2 Å². The van der Waals surface area contributed by atoms with Crippen molar-refractivity contribution in [1.82, 2.24) is 5.32 Å². The summed E-state index contributed by atoms with van der Waals surface area (Å²) in [4.78, 5) is 12.1. The lowest BCUT2D eigenvalue weighted by molar-refractivity contribution is -0.127. The Hall–Kier alpha value is -1.92. The maximum atomic E-state index is 12.1. The molecule has 0 saturated heterocycles. The summed E-state index contributed by atoms with van der Waals surface area (Å²) in [6, 6.07) is 12.4. The summed E-state index contributed by atoms with van der Waals surface area (Å²) in [7, 11) is 1.61. The minimum atomic E-state index is -0.640. The number of benzene rings is 2. The lowest BCUT2D eigenvalue weighted by Crippen LogP contribution is -2.38. The molecule has 0 radical (unpaired) electrons. The highest BCUT2D eigenvalue weighted by molar-refractivity contribution is 9.10. The van der Waals surface area contributed by atoms with E-state index in [4.69, 9.17) is 25.8 Å². The monoisotopic (exact) mass is 427 g/mol. The Bertz CT molecular complexity index is 709. The van der Waals surface area contributed by atoms with E-state index in [9.17, 15) is 4.79 Å². The van der Waals surface area contributed by atoms with E-state index in [1.165, 1.54) is 0 Å². The second-order valence-corrected chi connectivity index (χ2v) is 6.44. The van der Waals surface area contributed by atoms with Gasteiger partial charge in [-0.1, -0.05) is 11.6 Å². The molecule has 2 aromatic rings. The first-order valence-electron chi connectivity index (χ1n) is 7.66. The summed E-state index contributed by atoms with van der Waals surface area (Å²) in [5.74, 6) is 1.81. The Balaban J connectivity index is 1.73. The average Bonchev–Trinajstić information content (AvgIpc) is 2.61. The highest BCUT2D eigenvalue weighted by atomic mass is 79.9. The molecule has 1 atom stereocenters. The molecule has 2 aromatic carbocycles. The molecule has 0 saturated carbocycles. The molecule has 134 valence electrons. The Morgan fingerprint density at radius 2 is 1.88 bits per heavy atom. The molecule has 0 aliphatic rings. The SMILES string of the molecule is COc1ccc(OCCNC(=O)C(C)Oc2ccc(Cl)cc2Br)cc1. The molecule has 0 bridgehead atoms. The van der Waals surface area contributed by atoms with Gasteiger partial charge in [0.05, 0.1) is 18.1 Å². The Kier molecular flexibility index (Phi) is 7.40. The molecule has 2 rings (SSSR count). The van der Waals surface area contributed by atoms with Gasteiger partial charge in [0.2, 0.25) is 0 Å². The number of halogens is 2. The van der Waals surface area contributed by atoms with Gasteiger partial charge in [0.15, 0.2) is 6.10 Å². The first-order chi connectivity index (χ1) is 12.0. The molecular formula is C18H19BrClNO4. The molecule has 1 unspecified atom stereocenters. The lowest BCUT2D eigenvalue weighted by Gasteiger charge is -2.16. The maximum Gasteiger partial charge on any atom is 0.260 e. The van der Waals surface area contributed by atoms with Crippen molar-refractivity contribution in [2.24, 2.45) is 0 Å². The molecule has 0 spiro atoms. The third-order valence-corrected chi connectivity index (χ3v) is 4.15. The van der Waals surface area contributed by atoms with Crippen molar-refractivity contribution >= 4 is 33.4 Å². The first-order valence-corrected chi connectivity index (χ1v) is 8.83. The number of carbonyl (C=O) groups is 1. The number of hydrogen-bond acceptors (Lipinski definition) is 4. The molecule has 0 aromatic heterocycles. The summed E-state index contributed by atoms with van der Waals surface area (Å²) in [6.07, 6.45) is -0.640. The van der Waals surface area contributed by atoms with E-state index in [0.29, 0.717) is 34.1 Å². The number of hydrogen-bond donors (Lipinski definition) is 1. The van der Waals surface area contributed by atoms with Crippen LogP contribution in [-0.4, -0.2) is 32.3 Å². The highest BCUT2D eigenvalue weighted by Gasteiger charge is 2.15. The minimum absolute atomic E-state index is 0.222. The second-order valence-electron chi connectivity index (χ2n) is 5.15. The predicted molar refractivity (Wildman–Crippen MR) is 101 cm³/mol. The van der Waals surface area contributed by atoms with Crippen LogP contribution in [0.2, 0.25) is 5.02 Å². The predicted octanol–water partition coefficient (Wildman–Crippen LogP) is 4.07. The van der Waals surface area contributed by atoms with Gasteiger partial charge in [-0.3, -0.25) is 4.79 Å². The summed E-state index contributed by atoms with van der Waals surface area (Å²) >= 11 is 9.24. The molecule has 0 aliphatic heterocycles. The van der Waals surface area contributed by atoms with Crippen molar-refractivity contribution < 1.29 is 19.0 Å². The van der Waals surface area contributed by atoms with E-state index in [1.807, 2.05) is 24.3 Å². The van der Waals surface area contributed by atoms with Crippen molar-refractivity contribution in [3.63, 3.8) is 0 Å². The fourth-order valence-electron chi connectivity index (χ4n) is 1.97. The lowest BCUT2D eigenvalue weighted by atomic mass is 10.3. The van der Waals surface area contributed by atoms with Crippen LogP contribution in [-0.2, 0) is 4.79 Å². The number of amides is 1. The van der Waals surface area contributed by atoms with Gasteiger partial charge in [0.25, 0.3) is 5.91 Å². The zero-order valence-electron chi connectivity index (χ0n) is 13.9. The highest BCUT2D eigenvalue weighted by Crippen LogP contribution is 2.28. The van der Waals surface area contributed by atoms with Crippen LogP contribution in [0.4, 0.5) is 0 Å². The smallest absolute Gasteiger partial charge is 0.260 e. The van der Waals surface area contributed by atoms with Crippen LogP contribution in [0.25, 0.3) is 0 Å². The van der Waals surface area contributed by atoms with E-state index in [1.54, 1.807) is 32.2 Å². The van der Waals surface area contributed by atoms with Crippen LogP contribution in [0.15, 0.2) is 46.9 Å². The summed E-state index contributed by atoms with van der Waals surface area (Å²) in [5.41, 5.74) is 0. The zero-order chi connectivity index (χ0) is 18.2. The van der Waals surface area contributed by atoms with E-state index < -0.39 is 6.10 Å². The van der Waals surface area contributed by atoms with Crippen LogP contribution in [0.5, 0.6) is 17.2 Å². The second kappa shape index (κ2) is 9.53. The molecule has 5 nitrogen and oxygen atoms in total. The van der Waals surface area contributed by atoms with Crippen LogP contribution < -0.4 is 19.5 Å². The van der Waals surface area contributed by atoms with Crippen molar-refractivity contribution in [1.29, 1.82) is 0 Å². The summed E-state index contributed by atoms with van der Waals surface area (Å²) in [5, 5.41) is 3.36. The van der Waals surface area contributed by atoms with Crippen LogP contribution >= 0.6 is 27.5 Å². The largest absolute Gasteiger partial charge is 0.497 e. The molecular weight excluding hydrogens is 410 g/mol. The fraction of sp³-hybridized carbons (Fsp3) is 0.278. The molecule has 0 aliphatic carbocycles. The van der Waals surface area contributed by atoms with Gasteiger partial charge in [-0.25, -0.2) is 0 Å². The van der Waals surface area contributed by atoms with Crippen LogP contribution in [0.3, 0.4) is 0 Å². The molecule has 0 heterocycles. The van der Waals surface area contributed by atoms with Gasteiger partial charge in [-0.05, 0) is 65.3 Å². The summed E-state index contributed by atoms with van der Waals surface area (Å²) < 4.78 is 17.0. The Morgan fingerprint density at radius 3 is 2.52 bits per heavy atom. The molecule has 1 amide bonds. The standard InChI is InChI=1S/C18H19BrClNO4/c1-12(25-17-8-3-13(20)11-16(17)19)18(22)21-9-10-24-15-6-4-14(23-2)5-7-15/h3-8,11-12H,9-10H2,1-2H3,(H,21,22). The van der Waals surface area contributed by atoms with Gasteiger partial charge in [-0.15, -0.1) is 0 Å². The zero-order valence-corrected chi connectivity index (χ0v) is 16.3. The number of methoxy groups -OCH3 is 1. The van der Waals surface area contributed by atoms with Gasteiger partial charge in [0.1, 0.15) is 23.9 Å². The van der Waals surface area contributed by atoms with Crippen molar-refractivity contribution in [2.45, 2.75) is 13.0 Å². The average molecular weight is 429 g/mol. The van der Waals surface area contributed by atoms with Crippen LogP contribution in [0, 0.1) is 0 Å². The summed E-state index contributed by atoms with van der Waals surface area (Å²) in [6.45, 7) is 2.41. The van der Waals surface area contributed by atoms with E-state index in [0.717, 1.165) is 5.75 Å². The third kappa shape index (κ3) is 6.14. The number of nitrogens with one attached hydrogen (secondary N) is 1. The number of rotatable bonds is 8. The van der Waals surface area contributed by atoms with Crippen molar-refractivity contribution in [3.8, 4) is 17.2 Å². The van der Waals surface area contributed by atoms with E-state index in [-0.39, 0.29) is 5.91 Å². The topological polar surface area (TPSA) is 56.8 Å². The molecule has 1 N–H and O–H groups in total. The Morgan fingerprint density at radius 1 is 1.20 bits per heavy atom. The molecule has 25 heavy (non-hydrogen) atoms. The van der Waals surface area contributed by atoms with Crippen molar-refractivity contribution in [3.05, 3.63) is 52.0 Å². The van der Waals surface area contributed by atoms with Gasteiger partial charge in [0, 0.05) is 5.02 Å². The first kappa shape index (κ1) is 19.4. The Labute approximate surface area is 160 Å². The van der Waals surface area contributed by atoms with Crippen LogP contribution in [0.1, 0.15) is 6.92 Å². The quantitative estimate of drug-likeness (QED) is 0.644. The number of carbonyl (C=O) groups excluding carboxylic acids is 1. The maximum absolute atomic E-state index is 12.1. The fourth-order valence-corrected chi connectivity index (χ4v) is 2.75. The minimum Gasteiger partial charge on any atom is -0.497 e. The van der Waals surface area contributed by atoms with Gasteiger partial charge < -0.3 is 19.5 Å². The van der Waals surface area contributed by atoms with Gasteiger partial charge >= 0.3 is 0 Å². The molecule has 0 fully saturated rings. The van der Waals surface area contributed by atoms with Crippen molar-refractivity contribution in [2.75, 3.05) is 20.3 Å².